The van der Waals surface area contributed by atoms with Gasteiger partial charge in [-0.15, -0.1) is 0 Å². The summed E-state index contributed by atoms with van der Waals surface area (Å²) in [5, 5.41) is 10.8. The maximum Gasteiger partial charge on any atom is 0.254 e. The van der Waals surface area contributed by atoms with Crippen molar-refractivity contribution >= 4 is 23.4 Å². The van der Waals surface area contributed by atoms with E-state index in [-0.39, 0.29) is 18.2 Å². The number of hydrogen-bond donors (Lipinski definition) is 2. The van der Waals surface area contributed by atoms with Crippen molar-refractivity contribution in [2.75, 3.05) is 6.54 Å². The summed E-state index contributed by atoms with van der Waals surface area (Å²) >= 11 is 6.06. The van der Waals surface area contributed by atoms with Crippen LogP contribution in [0.3, 0.4) is 0 Å². The van der Waals surface area contributed by atoms with Crippen LogP contribution in [0.4, 0.5) is 0 Å². The standard InChI is InChI=1S/C20H25ClN4O2/c1-2-18-17(13-23-25(18)16-9-5-6-14(21)12-16)20(27)22-11-10-19(26)24-15-7-3-4-8-15/h5-6,9,12-13,15H,2-4,7-8,10-11H2,1H3,(H,22,27)(H,24,26). The second-order valence-corrected chi connectivity index (χ2v) is 7.24. The van der Waals surface area contributed by atoms with E-state index in [2.05, 4.69) is 15.7 Å². The minimum absolute atomic E-state index is 0.00691. The molecule has 1 saturated carbocycles. The van der Waals surface area contributed by atoms with Crippen molar-refractivity contribution in [2.24, 2.45) is 0 Å². The Morgan fingerprint density at radius 2 is 2.07 bits per heavy atom. The molecule has 0 spiro atoms. The summed E-state index contributed by atoms with van der Waals surface area (Å²) in [6.07, 6.45) is 6.97. The van der Waals surface area contributed by atoms with Crippen LogP contribution in [0.15, 0.2) is 30.5 Å². The van der Waals surface area contributed by atoms with Crippen LogP contribution in [0.2, 0.25) is 5.02 Å². The minimum Gasteiger partial charge on any atom is -0.353 e. The summed E-state index contributed by atoms with van der Waals surface area (Å²) in [6.45, 7) is 2.28. The van der Waals surface area contributed by atoms with Crippen molar-refractivity contribution in [1.82, 2.24) is 20.4 Å². The van der Waals surface area contributed by atoms with Gasteiger partial charge < -0.3 is 10.6 Å². The van der Waals surface area contributed by atoms with Gasteiger partial charge in [-0.1, -0.05) is 37.4 Å². The maximum atomic E-state index is 12.5. The Bertz CT molecular complexity index is 812. The second-order valence-electron chi connectivity index (χ2n) is 6.80. The molecule has 144 valence electrons. The molecule has 1 aliphatic carbocycles. The number of carbonyl (C=O) groups excluding carboxylic acids is 2. The van der Waals surface area contributed by atoms with Gasteiger partial charge in [0.2, 0.25) is 5.91 Å². The number of hydrogen-bond acceptors (Lipinski definition) is 3. The van der Waals surface area contributed by atoms with Gasteiger partial charge in [0.15, 0.2) is 0 Å². The van der Waals surface area contributed by atoms with Crippen LogP contribution in [0.5, 0.6) is 0 Å². The van der Waals surface area contributed by atoms with Crippen molar-refractivity contribution in [1.29, 1.82) is 0 Å². The fourth-order valence-electron chi connectivity index (χ4n) is 3.49. The molecular formula is C20H25ClN4O2. The van der Waals surface area contributed by atoms with E-state index in [1.165, 1.54) is 12.8 Å². The van der Waals surface area contributed by atoms with Crippen molar-refractivity contribution in [3.8, 4) is 5.69 Å². The summed E-state index contributed by atoms with van der Waals surface area (Å²) < 4.78 is 1.73. The van der Waals surface area contributed by atoms with Gasteiger partial charge in [0.1, 0.15) is 0 Å². The lowest BCUT2D eigenvalue weighted by Crippen LogP contribution is -2.35. The van der Waals surface area contributed by atoms with Gasteiger partial charge in [0.25, 0.3) is 5.91 Å². The van der Waals surface area contributed by atoms with Crippen LogP contribution in [0.1, 0.15) is 55.1 Å². The molecule has 1 aromatic carbocycles. The van der Waals surface area contributed by atoms with Crippen LogP contribution in [0, 0.1) is 0 Å². The number of nitrogens with zero attached hydrogens (tertiary/aromatic N) is 2. The van der Waals surface area contributed by atoms with Crippen molar-refractivity contribution in [2.45, 2.75) is 51.5 Å². The normalized spacial score (nSPS) is 14.3. The minimum atomic E-state index is -0.214. The maximum absolute atomic E-state index is 12.5. The molecule has 2 aromatic rings. The molecule has 1 fully saturated rings. The Morgan fingerprint density at radius 1 is 1.30 bits per heavy atom. The van der Waals surface area contributed by atoms with E-state index in [1.54, 1.807) is 16.9 Å². The van der Waals surface area contributed by atoms with Crippen LogP contribution < -0.4 is 10.6 Å². The predicted molar refractivity (Wildman–Crippen MR) is 105 cm³/mol. The molecule has 6 nitrogen and oxygen atoms in total. The summed E-state index contributed by atoms with van der Waals surface area (Å²) in [7, 11) is 0. The monoisotopic (exact) mass is 388 g/mol. The lowest BCUT2D eigenvalue weighted by molar-refractivity contribution is -0.121. The number of carbonyl (C=O) groups is 2. The Hall–Kier alpha value is -2.34. The highest BCUT2D eigenvalue weighted by Gasteiger charge is 2.19. The molecule has 1 aliphatic rings. The van der Waals surface area contributed by atoms with E-state index >= 15 is 0 Å². The van der Waals surface area contributed by atoms with Crippen molar-refractivity contribution in [3.05, 3.63) is 46.7 Å². The quantitative estimate of drug-likeness (QED) is 0.764. The van der Waals surface area contributed by atoms with E-state index in [9.17, 15) is 9.59 Å². The number of halogens is 1. The molecule has 0 aliphatic heterocycles. The fraction of sp³-hybridized carbons (Fsp3) is 0.450. The molecule has 7 heteroatoms. The third-order valence-corrected chi connectivity index (χ3v) is 5.09. The van der Waals surface area contributed by atoms with E-state index in [0.29, 0.717) is 29.6 Å². The first-order valence-electron chi connectivity index (χ1n) is 9.49. The highest BCUT2D eigenvalue weighted by Crippen LogP contribution is 2.19. The van der Waals surface area contributed by atoms with Gasteiger partial charge in [-0.3, -0.25) is 9.59 Å². The SMILES string of the molecule is CCc1c(C(=O)NCCC(=O)NC2CCCC2)cnn1-c1cccc(Cl)c1. The molecule has 2 amide bonds. The number of rotatable bonds is 7. The largest absolute Gasteiger partial charge is 0.353 e. The fourth-order valence-corrected chi connectivity index (χ4v) is 3.67. The molecule has 0 atom stereocenters. The average molecular weight is 389 g/mol. The first-order valence-corrected chi connectivity index (χ1v) is 9.86. The molecule has 0 saturated heterocycles. The summed E-state index contributed by atoms with van der Waals surface area (Å²) in [4.78, 5) is 24.5. The molecule has 2 N–H and O–H groups in total. The Morgan fingerprint density at radius 3 is 2.78 bits per heavy atom. The van der Waals surface area contributed by atoms with Gasteiger partial charge in [-0.2, -0.15) is 5.10 Å². The van der Waals surface area contributed by atoms with Crippen LogP contribution in [-0.4, -0.2) is 34.2 Å². The molecule has 0 bridgehead atoms. The number of nitrogens with one attached hydrogen (secondary N) is 2. The Labute approximate surface area is 164 Å². The molecule has 0 unspecified atom stereocenters. The van der Waals surface area contributed by atoms with Crippen LogP contribution >= 0.6 is 11.6 Å². The van der Waals surface area contributed by atoms with Crippen molar-refractivity contribution in [3.63, 3.8) is 0 Å². The highest BCUT2D eigenvalue weighted by molar-refractivity contribution is 6.30. The van der Waals surface area contributed by atoms with Crippen molar-refractivity contribution < 1.29 is 9.59 Å². The molecule has 27 heavy (non-hydrogen) atoms. The van der Waals surface area contributed by atoms with Gasteiger partial charge in [0, 0.05) is 24.0 Å². The lowest BCUT2D eigenvalue weighted by Gasteiger charge is -2.12. The molecule has 3 rings (SSSR count). The summed E-state index contributed by atoms with van der Waals surface area (Å²) in [6, 6.07) is 7.65. The molecule has 0 radical (unpaired) electrons. The zero-order valence-corrected chi connectivity index (χ0v) is 16.3. The second kappa shape index (κ2) is 9.04. The van der Waals surface area contributed by atoms with E-state index in [0.717, 1.165) is 24.2 Å². The third kappa shape index (κ3) is 4.89. The zero-order valence-electron chi connectivity index (χ0n) is 15.5. The lowest BCUT2D eigenvalue weighted by atomic mass is 10.2. The van der Waals surface area contributed by atoms with Gasteiger partial charge in [-0.25, -0.2) is 4.68 Å². The van der Waals surface area contributed by atoms with E-state index < -0.39 is 0 Å². The third-order valence-electron chi connectivity index (χ3n) is 4.86. The first kappa shape index (κ1) is 19.4. The van der Waals surface area contributed by atoms with Gasteiger partial charge in [-0.05, 0) is 37.5 Å². The Kier molecular flexibility index (Phi) is 6.50. The molecular weight excluding hydrogens is 364 g/mol. The van der Waals surface area contributed by atoms with Gasteiger partial charge in [0.05, 0.1) is 23.1 Å². The smallest absolute Gasteiger partial charge is 0.254 e. The number of benzene rings is 1. The summed E-state index contributed by atoms with van der Waals surface area (Å²) in [5.41, 5.74) is 2.15. The predicted octanol–water partition coefficient (Wildman–Crippen LogP) is 3.27. The molecule has 1 heterocycles. The topological polar surface area (TPSA) is 76.0 Å². The molecule has 1 aromatic heterocycles. The number of amides is 2. The Balaban J connectivity index is 1.59. The first-order chi connectivity index (χ1) is 13.1. The van der Waals surface area contributed by atoms with Crippen LogP contribution in [0.25, 0.3) is 5.69 Å². The number of aromatic nitrogens is 2. The highest BCUT2D eigenvalue weighted by atomic mass is 35.5. The zero-order chi connectivity index (χ0) is 19.2. The van der Waals surface area contributed by atoms with Gasteiger partial charge >= 0.3 is 0 Å². The van der Waals surface area contributed by atoms with Crippen LogP contribution in [-0.2, 0) is 11.2 Å². The van der Waals surface area contributed by atoms with E-state index in [4.69, 9.17) is 11.6 Å². The van der Waals surface area contributed by atoms with E-state index in [1.807, 2.05) is 25.1 Å². The average Bonchev–Trinajstić information content (AvgIpc) is 3.30. The summed E-state index contributed by atoms with van der Waals surface area (Å²) in [5.74, 6) is -0.221.